The summed E-state index contributed by atoms with van der Waals surface area (Å²) in [5.41, 5.74) is 1.16. The van der Waals surface area contributed by atoms with Gasteiger partial charge in [-0.05, 0) is 24.5 Å². The van der Waals surface area contributed by atoms with Gasteiger partial charge in [0.1, 0.15) is 17.0 Å². The highest BCUT2D eigenvalue weighted by Crippen LogP contribution is 2.34. The van der Waals surface area contributed by atoms with Crippen LogP contribution in [0.2, 0.25) is 0 Å². The molecule has 0 radical (unpaired) electrons. The summed E-state index contributed by atoms with van der Waals surface area (Å²) < 4.78 is 0. The Morgan fingerprint density at radius 2 is 1.92 bits per heavy atom. The fourth-order valence-corrected chi connectivity index (χ4v) is 4.44. The minimum absolute atomic E-state index is 0.0298. The summed E-state index contributed by atoms with van der Waals surface area (Å²) in [6.07, 6.45) is 7.44. The van der Waals surface area contributed by atoms with Crippen molar-refractivity contribution in [3.8, 4) is 10.4 Å². The number of rotatable bonds is 5. The summed E-state index contributed by atoms with van der Waals surface area (Å²) in [4.78, 5) is 23.0. The smallest absolute Gasteiger partial charge is 0.239 e. The third-order valence-electron chi connectivity index (χ3n) is 4.77. The van der Waals surface area contributed by atoms with Crippen molar-refractivity contribution in [1.29, 1.82) is 0 Å². The molecule has 0 unspecified atom stereocenters. The molecule has 134 valence electrons. The lowest BCUT2D eigenvalue weighted by Crippen LogP contribution is -2.39. The molecule has 2 heterocycles. The van der Waals surface area contributed by atoms with Gasteiger partial charge >= 0.3 is 0 Å². The number of anilines is 1. The minimum Gasteiger partial charge on any atom is -0.360 e. The van der Waals surface area contributed by atoms with Crippen molar-refractivity contribution in [1.82, 2.24) is 15.3 Å². The van der Waals surface area contributed by atoms with Crippen LogP contribution >= 0.6 is 11.3 Å². The third-order valence-corrected chi connectivity index (χ3v) is 5.87. The standard InChI is InChI=1S/C20H22N4OS/c25-18(24-15-9-5-2-6-10-15)12-21-19-16-11-17(14-7-3-1-4-8-14)26-20(16)23-13-22-19/h1,3-4,7-8,11,13,15H,2,5-6,9-10,12H2,(H,24,25)(H,21,22,23). The number of hydrogen-bond acceptors (Lipinski definition) is 5. The van der Waals surface area contributed by atoms with Gasteiger partial charge in [0.25, 0.3) is 0 Å². The summed E-state index contributed by atoms with van der Waals surface area (Å²) in [6.45, 7) is 0.235. The van der Waals surface area contributed by atoms with Gasteiger partial charge in [0.15, 0.2) is 0 Å². The first kappa shape index (κ1) is 17.0. The van der Waals surface area contributed by atoms with Gasteiger partial charge in [-0.2, -0.15) is 0 Å². The second-order valence-corrected chi connectivity index (χ2v) is 7.70. The molecule has 0 bridgehead atoms. The molecule has 2 aromatic heterocycles. The monoisotopic (exact) mass is 366 g/mol. The van der Waals surface area contributed by atoms with E-state index < -0.39 is 0 Å². The van der Waals surface area contributed by atoms with Gasteiger partial charge in [0.2, 0.25) is 5.91 Å². The molecule has 1 fully saturated rings. The maximum atomic E-state index is 12.2. The van der Waals surface area contributed by atoms with E-state index in [1.165, 1.54) is 19.3 Å². The Hall–Kier alpha value is -2.47. The molecule has 1 aliphatic rings. The fraction of sp³-hybridized carbons (Fsp3) is 0.350. The Kier molecular flexibility index (Phi) is 5.11. The summed E-state index contributed by atoms with van der Waals surface area (Å²) in [5.74, 6) is 0.745. The number of fused-ring (bicyclic) bond motifs is 1. The lowest BCUT2D eigenvalue weighted by Gasteiger charge is -2.22. The zero-order chi connectivity index (χ0) is 17.8. The molecule has 26 heavy (non-hydrogen) atoms. The lowest BCUT2D eigenvalue weighted by atomic mass is 9.95. The zero-order valence-corrected chi connectivity index (χ0v) is 15.4. The van der Waals surface area contributed by atoms with Crippen LogP contribution in [0.1, 0.15) is 32.1 Å². The average Bonchev–Trinajstić information content (AvgIpc) is 3.13. The summed E-state index contributed by atoms with van der Waals surface area (Å²) in [6, 6.07) is 12.7. The first-order chi connectivity index (χ1) is 12.8. The van der Waals surface area contributed by atoms with E-state index in [0.717, 1.165) is 33.5 Å². The van der Waals surface area contributed by atoms with E-state index in [0.29, 0.717) is 11.9 Å². The van der Waals surface area contributed by atoms with Crippen molar-refractivity contribution in [2.24, 2.45) is 0 Å². The molecule has 5 nitrogen and oxygen atoms in total. The summed E-state index contributed by atoms with van der Waals surface area (Å²) >= 11 is 1.64. The van der Waals surface area contributed by atoms with E-state index >= 15 is 0 Å². The zero-order valence-electron chi connectivity index (χ0n) is 14.6. The molecule has 1 saturated carbocycles. The normalized spacial score (nSPS) is 15.1. The molecule has 2 N–H and O–H groups in total. The molecule has 0 saturated heterocycles. The van der Waals surface area contributed by atoms with E-state index in [-0.39, 0.29) is 12.5 Å². The number of aromatic nitrogens is 2. The van der Waals surface area contributed by atoms with Crippen molar-refractivity contribution < 1.29 is 4.79 Å². The number of hydrogen-bond donors (Lipinski definition) is 2. The largest absolute Gasteiger partial charge is 0.360 e. The van der Waals surface area contributed by atoms with Crippen LogP contribution < -0.4 is 10.6 Å². The van der Waals surface area contributed by atoms with Gasteiger partial charge in [-0.3, -0.25) is 4.79 Å². The van der Waals surface area contributed by atoms with Crippen LogP contribution in [0.3, 0.4) is 0 Å². The van der Waals surface area contributed by atoms with E-state index in [9.17, 15) is 4.79 Å². The molecule has 1 aromatic carbocycles. The molecule has 3 aromatic rings. The van der Waals surface area contributed by atoms with Crippen molar-refractivity contribution in [2.45, 2.75) is 38.1 Å². The topological polar surface area (TPSA) is 66.9 Å². The molecule has 0 aliphatic heterocycles. The number of amides is 1. The van der Waals surface area contributed by atoms with Gasteiger partial charge in [-0.25, -0.2) is 9.97 Å². The maximum absolute atomic E-state index is 12.2. The maximum Gasteiger partial charge on any atom is 0.239 e. The molecule has 0 atom stereocenters. The molecule has 4 rings (SSSR count). The summed E-state index contributed by atoms with van der Waals surface area (Å²) in [7, 11) is 0. The minimum atomic E-state index is 0.0298. The predicted octanol–water partition coefficient (Wildman–Crippen LogP) is 4.22. The first-order valence-corrected chi connectivity index (χ1v) is 9.94. The molecule has 6 heteroatoms. The lowest BCUT2D eigenvalue weighted by molar-refractivity contribution is -0.120. The van der Waals surface area contributed by atoms with E-state index in [1.807, 2.05) is 18.2 Å². The van der Waals surface area contributed by atoms with Crippen LogP contribution in [0.15, 0.2) is 42.7 Å². The van der Waals surface area contributed by atoms with Crippen LogP contribution in [0.4, 0.5) is 5.82 Å². The fourth-order valence-electron chi connectivity index (χ4n) is 3.43. The van der Waals surface area contributed by atoms with Crippen molar-refractivity contribution in [2.75, 3.05) is 11.9 Å². The quantitative estimate of drug-likeness (QED) is 0.709. The van der Waals surface area contributed by atoms with Gasteiger partial charge in [0.05, 0.1) is 11.9 Å². The molecule has 0 spiro atoms. The van der Waals surface area contributed by atoms with Gasteiger partial charge in [-0.1, -0.05) is 49.6 Å². The highest BCUT2D eigenvalue weighted by atomic mass is 32.1. The van der Waals surface area contributed by atoms with Crippen LogP contribution in [-0.2, 0) is 4.79 Å². The van der Waals surface area contributed by atoms with Crippen LogP contribution in [0, 0.1) is 0 Å². The molecular weight excluding hydrogens is 344 g/mol. The van der Waals surface area contributed by atoms with Gasteiger partial charge < -0.3 is 10.6 Å². The van der Waals surface area contributed by atoms with E-state index in [2.05, 4.69) is 38.8 Å². The second-order valence-electron chi connectivity index (χ2n) is 6.67. The third kappa shape index (κ3) is 3.85. The van der Waals surface area contributed by atoms with Crippen molar-refractivity contribution in [3.05, 3.63) is 42.7 Å². The number of carbonyl (C=O) groups excluding carboxylic acids is 1. The predicted molar refractivity (Wildman–Crippen MR) is 106 cm³/mol. The van der Waals surface area contributed by atoms with Gasteiger partial charge in [0, 0.05) is 10.9 Å². The second kappa shape index (κ2) is 7.83. The van der Waals surface area contributed by atoms with Crippen LogP contribution in [0.5, 0.6) is 0 Å². The number of nitrogens with one attached hydrogen (secondary N) is 2. The molecular formula is C20H22N4OS. The highest BCUT2D eigenvalue weighted by Gasteiger charge is 2.16. The van der Waals surface area contributed by atoms with E-state index in [4.69, 9.17) is 0 Å². The first-order valence-electron chi connectivity index (χ1n) is 9.13. The molecule has 1 aliphatic carbocycles. The van der Waals surface area contributed by atoms with Gasteiger partial charge in [-0.15, -0.1) is 11.3 Å². The Morgan fingerprint density at radius 1 is 1.12 bits per heavy atom. The Bertz CT molecular complexity index is 887. The average molecular weight is 366 g/mol. The SMILES string of the molecule is O=C(CNc1ncnc2sc(-c3ccccc3)cc12)NC1CCCCC1. The van der Waals surface area contributed by atoms with Crippen molar-refractivity contribution in [3.63, 3.8) is 0 Å². The van der Waals surface area contributed by atoms with Crippen LogP contribution in [0.25, 0.3) is 20.7 Å². The Labute approximate surface area is 156 Å². The number of nitrogens with zero attached hydrogens (tertiary/aromatic N) is 2. The highest BCUT2D eigenvalue weighted by molar-refractivity contribution is 7.21. The molecule has 1 amide bonds. The number of benzene rings is 1. The number of carbonyl (C=O) groups is 1. The van der Waals surface area contributed by atoms with E-state index in [1.54, 1.807) is 17.7 Å². The number of thiophene rings is 1. The van der Waals surface area contributed by atoms with Crippen molar-refractivity contribution >= 4 is 33.3 Å². The Morgan fingerprint density at radius 3 is 2.73 bits per heavy atom. The van der Waals surface area contributed by atoms with Crippen LogP contribution in [-0.4, -0.2) is 28.5 Å². The summed E-state index contributed by atoms with van der Waals surface area (Å²) in [5, 5.41) is 7.27. The Balaban J connectivity index is 1.46.